The summed E-state index contributed by atoms with van der Waals surface area (Å²) in [5.41, 5.74) is 2.35. The number of aliphatic hydroxyl groups is 3. The Morgan fingerprint density at radius 2 is 1.86 bits per heavy atom. The fraction of sp³-hybridized carbons (Fsp3) is 0.710. The number of rotatable bonds is 7. The summed E-state index contributed by atoms with van der Waals surface area (Å²) >= 11 is 0. The Kier molecular flexibility index (Phi) is 9.12. The fourth-order valence-electron chi connectivity index (χ4n) is 6.75. The van der Waals surface area contributed by atoms with E-state index in [9.17, 15) is 20.1 Å². The zero-order valence-corrected chi connectivity index (χ0v) is 23.2. The van der Waals surface area contributed by atoms with Gasteiger partial charge in [0.1, 0.15) is 0 Å². The SMILES string of the molecule is C=C1/C(=C\C=C2/CCCC3(C)C2CCC3C(C)/C=C/C(O)C(C)(C)C(=O)OC(C)C)CC(O)CC1O. The lowest BCUT2D eigenvalue weighted by atomic mass is 9.61. The molecule has 3 fully saturated rings. The van der Waals surface area contributed by atoms with Crippen LogP contribution in [-0.4, -0.2) is 45.7 Å². The highest BCUT2D eigenvalue weighted by molar-refractivity contribution is 5.77. The minimum absolute atomic E-state index is 0.186. The van der Waals surface area contributed by atoms with E-state index in [2.05, 4.69) is 38.7 Å². The molecule has 0 aromatic heterocycles. The number of esters is 1. The second-order valence-corrected chi connectivity index (χ2v) is 12.5. The van der Waals surface area contributed by atoms with Crippen LogP contribution in [-0.2, 0) is 9.53 Å². The van der Waals surface area contributed by atoms with Crippen LogP contribution in [0.15, 0.2) is 47.6 Å². The van der Waals surface area contributed by atoms with Crippen molar-refractivity contribution in [2.24, 2.45) is 28.6 Å². The summed E-state index contributed by atoms with van der Waals surface area (Å²) in [5, 5.41) is 31.1. The highest BCUT2D eigenvalue weighted by atomic mass is 16.5. The van der Waals surface area contributed by atoms with E-state index in [4.69, 9.17) is 4.74 Å². The first kappa shape index (κ1) is 28.9. The third-order valence-electron chi connectivity index (χ3n) is 9.14. The molecule has 0 spiro atoms. The van der Waals surface area contributed by atoms with Crippen molar-refractivity contribution >= 4 is 5.97 Å². The largest absolute Gasteiger partial charge is 0.462 e. The van der Waals surface area contributed by atoms with Crippen LogP contribution in [0.2, 0.25) is 0 Å². The van der Waals surface area contributed by atoms with E-state index < -0.39 is 23.7 Å². The second-order valence-electron chi connectivity index (χ2n) is 12.5. The molecule has 0 radical (unpaired) electrons. The minimum atomic E-state index is -0.999. The van der Waals surface area contributed by atoms with Gasteiger partial charge in [-0.15, -0.1) is 0 Å². The molecule has 0 amide bonds. The molecule has 0 heterocycles. The van der Waals surface area contributed by atoms with Gasteiger partial charge in [0, 0.05) is 6.42 Å². The Morgan fingerprint density at radius 1 is 1.17 bits per heavy atom. The second kappa shape index (κ2) is 11.4. The third kappa shape index (κ3) is 6.06. The Hall–Kier alpha value is -1.69. The van der Waals surface area contributed by atoms with Crippen LogP contribution >= 0.6 is 0 Å². The van der Waals surface area contributed by atoms with E-state index in [-0.39, 0.29) is 23.4 Å². The lowest BCUT2D eigenvalue weighted by molar-refractivity contribution is -0.162. The minimum Gasteiger partial charge on any atom is -0.462 e. The summed E-state index contributed by atoms with van der Waals surface area (Å²) in [6.07, 6.45) is 12.6. The molecule has 7 unspecified atom stereocenters. The van der Waals surface area contributed by atoms with E-state index in [1.54, 1.807) is 19.9 Å². The fourth-order valence-corrected chi connectivity index (χ4v) is 6.75. The first-order valence-corrected chi connectivity index (χ1v) is 13.8. The monoisotopic (exact) mass is 500 g/mol. The van der Waals surface area contributed by atoms with Gasteiger partial charge in [-0.3, -0.25) is 4.79 Å². The average Bonchev–Trinajstić information content (AvgIpc) is 3.15. The molecule has 5 nitrogen and oxygen atoms in total. The van der Waals surface area contributed by atoms with E-state index in [0.717, 1.165) is 36.8 Å². The Balaban J connectivity index is 1.72. The lowest BCUT2D eigenvalue weighted by Crippen LogP contribution is -2.39. The van der Waals surface area contributed by atoms with Crippen LogP contribution in [0.5, 0.6) is 0 Å². The number of ether oxygens (including phenoxy) is 1. The third-order valence-corrected chi connectivity index (χ3v) is 9.14. The predicted molar refractivity (Wildman–Crippen MR) is 144 cm³/mol. The first-order chi connectivity index (χ1) is 16.8. The molecular formula is C31H48O5. The highest BCUT2D eigenvalue weighted by Gasteiger charge is 2.50. The van der Waals surface area contributed by atoms with Crippen LogP contribution in [0.1, 0.15) is 86.5 Å². The van der Waals surface area contributed by atoms with Crippen molar-refractivity contribution in [1.82, 2.24) is 0 Å². The number of aliphatic hydroxyl groups excluding tert-OH is 3. The number of fused-ring (bicyclic) bond motifs is 1. The molecule has 0 bridgehead atoms. The first-order valence-electron chi connectivity index (χ1n) is 13.8. The molecule has 3 aliphatic rings. The number of carbonyl (C=O) groups excluding carboxylic acids is 1. The molecule has 0 saturated heterocycles. The summed E-state index contributed by atoms with van der Waals surface area (Å²) in [4.78, 5) is 12.5. The normalized spacial score (nSPS) is 35.4. The van der Waals surface area contributed by atoms with Crippen molar-refractivity contribution < 1.29 is 24.9 Å². The van der Waals surface area contributed by atoms with Gasteiger partial charge in [-0.25, -0.2) is 0 Å². The van der Waals surface area contributed by atoms with Crippen LogP contribution in [0.25, 0.3) is 0 Å². The molecule has 3 rings (SSSR count). The van der Waals surface area contributed by atoms with Crippen LogP contribution < -0.4 is 0 Å². The molecule has 7 atom stereocenters. The summed E-state index contributed by atoms with van der Waals surface area (Å²) in [6, 6.07) is 0. The maximum Gasteiger partial charge on any atom is 0.314 e. The van der Waals surface area contributed by atoms with E-state index in [1.165, 1.54) is 12.0 Å². The van der Waals surface area contributed by atoms with Gasteiger partial charge in [0.25, 0.3) is 0 Å². The Labute approximate surface area is 218 Å². The van der Waals surface area contributed by atoms with Crippen molar-refractivity contribution in [2.75, 3.05) is 0 Å². The summed E-state index contributed by atoms with van der Waals surface area (Å²) in [7, 11) is 0. The predicted octanol–water partition coefficient (Wildman–Crippen LogP) is 5.66. The molecule has 36 heavy (non-hydrogen) atoms. The molecular weight excluding hydrogens is 452 g/mol. The van der Waals surface area contributed by atoms with Crippen molar-refractivity contribution in [1.29, 1.82) is 0 Å². The summed E-state index contributed by atoms with van der Waals surface area (Å²) in [5.74, 6) is 0.916. The van der Waals surface area contributed by atoms with Crippen LogP contribution in [0.4, 0.5) is 0 Å². The van der Waals surface area contributed by atoms with Gasteiger partial charge in [-0.05, 0) is 101 Å². The van der Waals surface area contributed by atoms with E-state index in [1.807, 2.05) is 13.8 Å². The Bertz CT molecular complexity index is 910. The molecule has 3 aliphatic carbocycles. The summed E-state index contributed by atoms with van der Waals surface area (Å²) < 4.78 is 5.35. The average molecular weight is 501 g/mol. The summed E-state index contributed by atoms with van der Waals surface area (Å²) in [6.45, 7) is 15.8. The van der Waals surface area contributed by atoms with Gasteiger partial charge in [0.15, 0.2) is 0 Å². The van der Waals surface area contributed by atoms with Crippen LogP contribution in [0, 0.1) is 28.6 Å². The molecule has 3 N–H and O–H groups in total. The maximum absolute atomic E-state index is 12.5. The van der Waals surface area contributed by atoms with Gasteiger partial charge in [-0.2, -0.15) is 0 Å². The number of hydrogen-bond donors (Lipinski definition) is 3. The highest BCUT2D eigenvalue weighted by Crippen LogP contribution is 2.59. The van der Waals surface area contributed by atoms with Crippen molar-refractivity contribution in [3.05, 3.63) is 47.6 Å². The quantitative estimate of drug-likeness (QED) is 0.310. The molecule has 0 aliphatic heterocycles. The Morgan fingerprint density at radius 3 is 2.53 bits per heavy atom. The zero-order valence-electron chi connectivity index (χ0n) is 23.2. The van der Waals surface area contributed by atoms with Gasteiger partial charge >= 0.3 is 5.97 Å². The van der Waals surface area contributed by atoms with Gasteiger partial charge in [0.2, 0.25) is 0 Å². The van der Waals surface area contributed by atoms with Crippen molar-refractivity contribution in [3.63, 3.8) is 0 Å². The standard InChI is InChI=1S/C31H48O5/c1-19(2)36-29(35)30(5,6)28(34)15-10-20(3)25-13-14-26-22(9-8-16-31(25,26)7)11-12-23-17-24(32)18-27(33)21(23)4/h10-12,15,19-20,24-28,32-34H,4,8-9,13-14,16-18H2,1-3,5-7H3/b15-10+,22-11+,23-12-. The number of hydrogen-bond acceptors (Lipinski definition) is 5. The molecule has 0 aromatic rings. The van der Waals surface area contributed by atoms with Crippen molar-refractivity contribution in [3.8, 4) is 0 Å². The maximum atomic E-state index is 12.5. The molecule has 202 valence electrons. The van der Waals surface area contributed by atoms with Gasteiger partial charge < -0.3 is 20.1 Å². The van der Waals surface area contributed by atoms with Crippen LogP contribution in [0.3, 0.4) is 0 Å². The molecule has 0 aromatic carbocycles. The molecule has 5 heteroatoms. The molecule has 3 saturated carbocycles. The zero-order chi connectivity index (χ0) is 26.8. The number of carbonyl (C=O) groups is 1. The van der Waals surface area contributed by atoms with E-state index >= 15 is 0 Å². The smallest absolute Gasteiger partial charge is 0.314 e. The van der Waals surface area contributed by atoms with E-state index in [0.29, 0.717) is 24.7 Å². The topological polar surface area (TPSA) is 87.0 Å². The van der Waals surface area contributed by atoms with Gasteiger partial charge in [0.05, 0.1) is 29.8 Å². The van der Waals surface area contributed by atoms with Gasteiger partial charge in [-0.1, -0.05) is 50.3 Å². The van der Waals surface area contributed by atoms with Crippen molar-refractivity contribution in [2.45, 2.75) is 111 Å². The number of allylic oxidation sites excluding steroid dienone is 4. The lowest BCUT2D eigenvalue weighted by Gasteiger charge is -2.44.